The highest BCUT2D eigenvalue weighted by Gasteiger charge is 2.37. The molecule has 220 valence electrons. The SMILES string of the molecule is Nc1c(O)c(F)c(Oc2c(F)c(F)c(-c3c(F)c(F)c(Oc4ccc(C(=O)O)cc4)c(F)c3F)c(F)c2F)c(F)c1F. The Kier molecular flexibility index (Phi) is 7.54. The molecule has 0 radical (unpaired) electrons. The quantitative estimate of drug-likeness (QED) is 0.0906. The number of carbonyl (C=O) groups is 1. The molecule has 6 nitrogen and oxygen atoms in total. The highest BCUT2D eigenvalue weighted by molar-refractivity contribution is 5.87. The summed E-state index contributed by atoms with van der Waals surface area (Å²) in [5.74, 6) is -38.5. The maximum atomic E-state index is 14.8. The number of anilines is 1. The maximum Gasteiger partial charge on any atom is 0.335 e. The smallest absolute Gasteiger partial charge is 0.335 e. The zero-order valence-electron chi connectivity index (χ0n) is 19.7. The fourth-order valence-electron chi connectivity index (χ4n) is 3.46. The lowest BCUT2D eigenvalue weighted by molar-refractivity contribution is 0.0696. The second kappa shape index (κ2) is 10.6. The van der Waals surface area contributed by atoms with Crippen molar-refractivity contribution in [2.24, 2.45) is 0 Å². The Morgan fingerprint density at radius 2 is 0.905 bits per heavy atom. The van der Waals surface area contributed by atoms with Gasteiger partial charge >= 0.3 is 5.97 Å². The largest absolute Gasteiger partial charge is 0.503 e. The van der Waals surface area contributed by atoms with Crippen LogP contribution in [0.2, 0.25) is 0 Å². The van der Waals surface area contributed by atoms with Crippen LogP contribution in [0.1, 0.15) is 10.4 Å². The van der Waals surface area contributed by atoms with E-state index in [4.69, 9.17) is 10.8 Å². The minimum Gasteiger partial charge on any atom is -0.503 e. The predicted molar refractivity (Wildman–Crippen MR) is 117 cm³/mol. The first-order chi connectivity index (χ1) is 19.6. The number of nitrogens with two attached hydrogens (primary N) is 1. The van der Waals surface area contributed by atoms with E-state index >= 15 is 0 Å². The summed E-state index contributed by atoms with van der Waals surface area (Å²) in [5, 5.41) is 18.2. The van der Waals surface area contributed by atoms with E-state index in [0.29, 0.717) is 0 Å². The number of hydrogen-bond donors (Lipinski definition) is 3. The van der Waals surface area contributed by atoms with Crippen LogP contribution in [0.4, 0.5) is 54.0 Å². The monoisotopic (exact) mass is 611 g/mol. The number of benzene rings is 4. The van der Waals surface area contributed by atoms with Gasteiger partial charge in [-0.3, -0.25) is 0 Å². The van der Waals surface area contributed by atoms with Gasteiger partial charge < -0.3 is 25.4 Å². The number of phenolic OH excluding ortho intramolecular Hbond substituents is 1. The summed E-state index contributed by atoms with van der Waals surface area (Å²) in [4.78, 5) is 10.9. The molecule has 0 heterocycles. The van der Waals surface area contributed by atoms with Crippen molar-refractivity contribution in [3.63, 3.8) is 0 Å². The zero-order valence-corrected chi connectivity index (χ0v) is 19.7. The topological polar surface area (TPSA) is 102 Å². The zero-order chi connectivity index (χ0) is 31.4. The van der Waals surface area contributed by atoms with Crippen molar-refractivity contribution in [1.29, 1.82) is 0 Å². The lowest BCUT2D eigenvalue weighted by Gasteiger charge is -2.17. The van der Waals surface area contributed by atoms with E-state index < -0.39 is 116 Å². The van der Waals surface area contributed by atoms with Gasteiger partial charge in [0.2, 0.25) is 52.2 Å². The van der Waals surface area contributed by atoms with E-state index in [1.54, 1.807) is 0 Å². The van der Waals surface area contributed by atoms with Gasteiger partial charge in [-0.2, -0.15) is 26.3 Å². The number of aromatic hydroxyl groups is 1. The average molecular weight is 611 g/mol. The minimum atomic E-state index is -2.81. The third-order valence-electron chi connectivity index (χ3n) is 5.51. The summed E-state index contributed by atoms with van der Waals surface area (Å²) < 4.78 is 169. The molecule has 0 aliphatic heterocycles. The molecule has 4 aromatic rings. The molecule has 0 aromatic heterocycles. The van der Waals surface area contributed by atoms with Crippen molar-refractivity contribution in [1.82, 2.24) is 0 Å². The highest BCUT2D eigenvalue weighted by Crippen LogP contribution is 2.45. The molecule has 0 aliphatic carbocycles. The van der Waals surface area contributed by atoms with Crippen LogP contribution >= 0.6 is 0 Å². The van der Waals surface area contributed by atoms with Crippen LogP contribution in [0.5, 0.6) is 28.7 Å². The predicted octanol–water partition coefficient (Wildman–Crippen LogP) is 7.45. The van der Waals surface area contributed by atoms with Gasteiger partial charge in [-0.05, 0) is 24.3 Å². The number of ether oxygens (including phenoxy) is 2. The first kappa shape index (κ1) is 29.8. The van der Waals surface area contributed by atoms with Crippen molar-refractivity contribution in [3.8, 4) is 39.9 Å². The molecule has 0 amide bonds. The first-order valence-electron chi connectivity index (χ1n) is 10.7. The van der Waals surface area contributed by atoms with E-state index in [1.165, 1.54) is 0 Å². The molecule has 4 aromatic carbocycles. The molecule has 42 heavy (non-hydrogen) atoms. The molecule has 0 saturated heterocycles. The summed E-state index contributed by atoms with van der Waals surface area (Å²) in [6.45, 7) is 0. The van der Waals surface area contributed by atoms with E-state index in [-0.39, 0.29) is 5.56 Å². The van der Waals surface area contributed by atoms with Gasteiger partial charge in [-0.15, -0.1) is 0 Å². The van der Waals surface area contributed by atoms with Gasteiger partial charge in [-0.1, -0.05) is 0 Å². The van der Waals surface area contributed by atoms with E-state index in [0.717, 1.165) is 24.3 Å². The summed E-state index contributed by atoms with van der Waals surface area (Å²) in [6.07, 6.45) is 0. The van der Waals surface area contributed by atoms with Gasteiger partial charge in [0.25, 0.3) is 0 Å². The minimum absolute atomic E-state index is 0.331. The third kappa shape index (κ3) is 4.61. The standard InChI is InChI=1S/C25H8F11NO5/c26-9-7(10(27)15(32)22(14(9)31)41-6-3-1-5(2-4-6)25(39)40)8-11(28)16(33)23(17(34)12(8)29)42-24-18(35)13(30)20(37)21(38)19(24)36/h1-4,38H,37H2,(H,39,40). The van der Waals surface area contributed by atoms with Crippen molar-refractivity contribution >= 4 is 11.7 Å². The maximum absolute atomic E-state index is 14.8. The lowest BCUT2D eigenvalue weighted by Crippen LogP contribution is -2.10. The summed E-state index contributed by atoms with van der Waals surface area (Å²) in [7, 11) is 0. The van der Waals surface area contributed by atoms with Gasteiger partial charge in [0.1, 0.15) is 11.4 Å². The van der Waals surface area contributed by atoms with Crippen LogP contribution in [0, 0.1) is 64.0 Å². The fraction of sp³-hybridized carbons (Fsp3) is 0. The number of phenols is 1. The van der Waals surface area contributed by atoms with Crippen LogP contribution in [0.25, 0.3) is 11.1 Å². The Morgan fingerprint density at radius 3 is 1.31 bits per heavy atom. The molecule has 0 saturated carbocycles. The van der Waals surface area contributed by atoms with Crippen molar-refractivity contribution in [3.05, 3.63) is 93.8 Å². The molecule has 0 fully saturated rings. The highest BCUT2D eigenvalue weighted by atomic mass is 19.2. The molecule has 4 N–H and O–H groups in total. The molecule has 17 heteroatoms. The number of nitrogen functional groups attached to an aromatic ring is 1. The van der Waals surface area contributed by atoms with Crippen molar-refractivity contribution in [2.45, 2.75) is 0 Å². The van der Waals surface area contributed by atoms with Crippen LogP contribution in [-0.2, 0) is 0 Å². The Morgan fingerprint density at radius 1 is 0.548 bits per heavy atom. The van der Waals surface area contributed by atoms with Crippen LogP contribution < -0.4 is 15.2 Å². The lowest BCUT2D eigenvalue weighted by atomic mass is 10.0. The molecule has 4 rings (SSSR count). The number of aromatic carboxylic acids is 1. The number of halogens is 11. The van der Waals surface area contributed by atoms with Crippen LogP contribution in [0.15, 0.2) is 24.3 Å². The van der Waals surface area contributed by atoms with Crippen LogP contribution in [0.3, 0.4) is 0 Å². The Labute approximate surface area is 224 Å². The normalized spacial score (nSPS) is 11.1. The van der Waals surface area contributed by atoms with E-state index in [2.05, 4.69) is 9.47 Å². The van der Waals surface area contributed by atoms with Crippen molar-refractivity contribution in [2.75, 3.05) is 5.73 Å². The molecule has 0 spiro atoms. The second-order valence-electron chi connectivity index (χ2n) is 7.99. The summed E-state index contributed by atoms with van der Waals surface area (Å²) >= 11 is 0. The van der Waals surface area contributed by atoms with Gasteiger partial charge in [-0.25, -0.2) is 26.7 Å². The van der Waals surface area contributed by atoms with Gasteiger partial charge in [0.15, 0.2) is 34.8 Å². The number of hydrogen-bond acceptors (Lipinski definition) is 5. The molecule has 0 bridgehead atoms. The summed E-state index contributed by atoms with van der Waals surface area (Å²) in [6, 6.07) is 3.36. The summed E-state index contributed by atoms with van der Waals surface area (Å²) in [5.41, 5.74) is -1.72. The Hall–Kier alpha value is -5.22. The molecule has 0 atom stereocenters. The third-order valence-corrected chi connectivity index (χ3v) is 5.51. The molecule has 0 aliphatic rings. The van der Waals surface area contributed by atoms with E-state index in [1.807, 2.05) is 0 Å². The molecular weight excluding hydrogens is 603 g/mol. The second-order valence-corrected chi connectivity index (χ2v) is 7.99. The van der Waals surface area contributed by atoms with Crippen molar-refractivity contribution < 1.29 is 72.8 Å². The van der Waals surface area contributed by atoms with Gasteiger partial charge in [0, 0.05) is 0 Å². The number of carboxylic acids is 1. The number of carboxylic acid groups (broad SMARTS) is 1. The van der Waals surface area contributed by atoms with Gasteiger partial charge in [0.05, 0.1) is 16.7 Å². The van der Waals surface area contributed by atoms with Crippen LogP contribution in [-0.4, -0.2) is 16.2 Å². The van der Waals surface area contributed by atoms with E-state index in [9.17, 15) is 58.2 Å². The Bertz CT molecular complexity index is 1710. The Balaban J connectivity index is 1.86. The first-order valence-corrected chi connectivity index (χ1v) is 10.7. The fourth-order valence-corrected chi connectivity index (χ4v) is 3.46. The molecular formula is C25H8F11NO5. The molecule has 0 unspecified atom stereocenters. The average Bonchev–Trinajstić information content (AvgIpc) is 2.96. The number of rotatable bonds is 6.